The highest BCUT2D eigenvalue weighted by molar-refractivity contribution is 7.99. The largest absolute Gasteiger partial charge is 0.299 e. The van der Waals surface area contributed by atoms with Crippen molar-refractivity contribution in [3.63, 3.8) is 0 Å². The van der Waals surface area contributed by atoms with Crippen molar-refractivity contribution in [3.8, 4) is 0 Å². The highest BCUT2D eigenvalue weighted by atomic mass is 32.2. The summed E-state index contributed by atoms with van der Waals surface area (Å²) in [4.78, 5) is 12.3. The summed E-state index contributed by atoms with van der Waals surface area (Å²) in [6, 6.07) is 20.8. The Labute approximate surface area is 124 Å². The first-order valence-corrected chi connectivity index (χ1v) is 7.98. The van der Waals surface area contributed by atoms with Crippen LogP contribution in [0.25, 0.3) is 0 Å². The molecule has 0 aliphatic carbocycles. The molecular formula is C18H18OS. The summed E-state index contributed by atoms with van der Waals surface area (Å²) in [5.74, 6) is 0.480. The quantitative estimate of drug-likeness (QED) is 0.786. The average molecular weight is 282 g/mol. The second-order valence-electron chi connectivity index (χ2n) is 5.33. The lowest BCUT2D eigenvalue weighted by Crippen LogP contribution is -2.25. The number of hydrogen-bond acceptors (Lipinski definition) is 2. The maximum atomic E-state index is 12.3. The van der Waals surface area contributed by atoms with Crippen LogP contribution in [0.4, 0.5) is 0 Å². The van der Waals surface area contributed by atoms with Gasteiger partial charge in [0.2, 0.25) is 0 Å². The molecular weight excluding hydrogens is 264 g/mol. The van der Waals surface area contributed by atoms with Crippen molar-refractivity contribution in [1.29, 1.82) is 0 Å². The molecule has 1 aliphatic heterocycles. The molecule has 3 atom stereocenters. The third kappa shape index (κ3) is 2.66. The Bertz CT molecular complexity index is 579. The van der Waals surface area contributed by atoms with E-state index in [1.807, 2.05) is 23.9 Å². The molecule has 1 aliphatic rings. The Hall–Kier alpha value is -1.54. The van der Waals surface area contributed by atoms with Gasteiger partial charge in [-0.15, -0.1) is 11.8 Å². The Kier molecular flexibility index (Phi) is 3.93. The lowest BCUT2D eigenvalue weighted by molar-refractivity contribution is -0.122. The molecule has 1 saturated heterocycles. The van der Waals surface area contributed by atoms with Gasteiger partial charge in [0.05, 0.1) is 0 Å². The van der Waals surface area contributed by atoms with Crippen LogP contribution in [0, 0.1) is 5.92 Å². The topological polar surface area (TPSA) is 17.1 Å². The molecule has 1 fully saturated rings. The van der Waals surface area contributed by atoms with Crippen LogP contribution in [-0.4, -0.2) is 5.78 Å². The van der Waals surface area contributed by atoms with Crippen LogP contribution in [-0.2, 0) is 4.79 Å². The van der Waals surface area contributed by atoms with E-state index in [1.165, 1.54) is 11.1 Å². The maximum Gasteiger partial charge on any atom is 0.138 e. The van der Waals surface area contributed by atoms with Gasteiger partial charge >= 0.3 is 0 Å². The first-order valence-electron chi connectivity index (χ1n) is 7.04. The van der Waals surface area contributed by atoms with Crippen LogP contribution in [0.15, 0.2) is 60.7 Å². The van der Waals surface area contributed by atoms with Crippen LogP contribution in [0.2, 0.25) is 0 Å². The van der Waals surface area contributed by atoms with E-state index in [-0.39, 0.29) is 16.4 Å². The number of Topliss-reactive ketones (excluding diaryl/α,β-unsaturated/α-hetero) is 1. The minimum Gasteiger partial charge on any atom is -0.299 e. The molecule has 2 heteroatoms. The highest BCUT2D eigenvalue weighted by Crippen LogP contribution is 2.51. The molecule has 2 aromatic carbocycles. The lowest BCUT2D eigenvalue weighted by atomic mass is 9.92. The van der Waals surface area contributed by atoms with Gasteiger partial charge in [0.15, 0.2) is 0 Å². The fourth-order valence-corrected chi connectivity index (χ4v) is 4.38. The maximum absolute atomic E-state index is 12.3. The Morgan fingerprint density at radius 3 is 2.05 bits per heavy atom. The molecule has 0 unspecified atom stereocenters. The van der Waals surface area contributed by atoms with E-state index < -0.39 is 0 Å². The van der Waals surface area contributed by atoms with Crippen LogP contribution in [0.3, 0.4) is 0 Å². The first kappa shape index (κ1) is 13.4. The fourth-order valence-electron chi connectivity index (χ4n) is 2.75. The number of benzene rings is 2. The molecule has 0 spiro atoms. The number of ketones is 1. The molecule has 1 nitrogen and oxygen atoms in total. The van der Waals surface area contributed by atoms with Crippen molar-refractivity contribution >= 4 is 17.5 Å². The molecule has 0 saturated carbocycles. The summed E-state index contributed by atoms with van der Waals surface area (Å²) in [7, 11) is 0. The third-order valence-electron chi connectivity index (χ3n) is 3.96. The third-order valence-corrected chi connectivity index (χ3v) is 5.70. The summed E-state index contributed by atoms with van der Waals surface area (Å²) in [5.41, 5.74) is 2.53. The summed E-state index contributed by atoms with van der Waals surface area (Å²) in [5, 5.41) is 0.549. The predicted octanol–water partition coefficient (Wildman–Crippen LogP) is 4.81. The van der Waals surface area contributed by atoms with Gasteiger partial charge in [0, 0.05) is 22.8 Å². The van der Waals surface area contributed by atoms with Crippen LogP contribution in [0.1, 0.15) is 35.0 Å². The smallest absolute Gasteiger partial charge is 0.138 e. The van der Waals surface area contributed by atoms with Gasteiger partial charge in [-0.3, -0.25) is 4.79 Å². The normalized spacial score (nSPS) is 26.4. The van der Waals surface area contributed by atoms with Crippen molar-refractivity contribution in [3.05, 3.63) is 71.8 Å². The van der Waals surface area contributed by atoms with E-state index in [2.05, 4.69) is 55.5 Å². The minimum absolute atomic E-state index is 0.0994. The Balaban J connectivity index is 1.89. The van der Waals surface area contributed by atoms with Crippen molar-refractivity contribution in [2.75, 3.05) is 0 Å². The zero-order valence-corrected chi connectivity index (χ0v) is 12.3. The molecule has 2 aromatic rings. The van der Waals surface area contributed by atoms with Crippen molar-refractivity contribution in [1.82, 2.24) is 0 Å². The van der Waals surface area contributed by atoms with Gasteiger partial charge in [-0.25, -0.2) is 0 Å². The summed E-state index contributed by atoms with van der Waals surface area (Å²) in [6.07, 6.45) is 0.652. The van der Waals surface area contributed by atoms with Crippen molar-refractivity contribution in [2.45, 2.75) is 23.8 Å². The summed E-state index contributed by atoms with van der Waals surface area (Å²) < 4.78 is 0. The summed E-state index contributed by atoms with van der Waals surface area (Å²) in [6.45, 7) is 2.06. The summed E-state index contributed by atoms with van der Waals surface area (Å²) >= 11 is 1.93. The molecule has 0 N–H and O–H groups in total. The van der Waals surface area contributed by atoms with E-state index in [4.69, 9.17) is 0 Å². The number of rotatable bonds is 2. The SMILES string of the molecule is C[C@@H]1C(=O)C[C@@H](c2ccccc2)S[C@@H]1c1ccccc1. The predicted molar refractivity (Wildman–Crippen MR) is 84.7 cm³/mol. The second kappa shape index (κ2) is 5.84. The number of thioether (sulfide) groups is 1. The number of carbonyl (C=O) groups is 1. The van der Waals surface area contributed by atoms with E-state index >= 15 is 0 Å². The Morgan fingerprint density at radius 1 is 0.900 bits per heavy atom. The van der Waals surface area contributed by atoms with Crippen LogP contribution in [0.5, 0.6) is 0 Å². The van der Waals surface area contributed by atoms with Crippen molar-refractivity contribution < 1.29 is 4.79 Å². The molecule has 0 radical (unpaired) electrons. The van der Waals surface area contributed by atoms with E-state index in [1.54, 1.807) is 0 Å². The number of carbonyl (C=O) groups excluding carboxylic acids is 1. The van der Waals surface area contributed by atoms with Gasteiger partial charge in [-0.05, 0) is 11.1 Å². The zero-order valence-electron chi connectivity index (χ0n) is 11.5. The molecule has 3 rings (SSSR count). The standard InChI is InChI=1S/C18H18OS/c1-13-16(19)12-17(14-8-4-2-5-9-14)20-18(13)15-10-6-3-7-11-15/h2-11,13,17-18H,12H2,1H3/t13-,17+,18+/m1/s1. The van der Waals surface area contributed by atoms with E-state index in [9.17, 15) is 4.79 Å². The van der Waals surface area contributed by atoms with Crippen LogP contribution < -0.4 is 0 Å². The van der Waals surface area contributed by atoms with Gasteiger partial charge in [0.1, 0.15) is 5.78 Å². The minimum atomic E-state index is 0.0994. The molecule has 1 heterocycles. The van der Waals surface area contributed by atoms with Crippen LogP contribution >= 0.6 is 11.8 Å². The molecule has 0 aromatic heterocycles. The van der Waals surface area contributed by atoms with Crippen molar-refractivity contribution in [2.24, 2.45) is 5.92 Å². The molecule has 20 heavy (non-hydrogen) atoms. The van der Waals surface area contributed by atoms with E-state index in [0.29, 0.717) is 12.2 Å². The lowest BCUT2D eigenvalue weighted by Gasteiger charge is -2.33. The fraction of sp³-hybridized carbons (Fsp3) is 0.278. The Morgan fingerprint density at radius 2 is 1.45 bits per heavy atom. The van der Waals surface area contributed by atoms with Gasteiger partial charge in [-0.1, -0.05) is 67.6 Å². The molecule has 0 amide bonds. The van der Waals surface area contributed by atoms with Gasteiger partial charge in [0.25, 0.3) is 0 Å². The molecule has 0 bridgehead atoms. The highest BCUT2D eigenvalue weighted by Gasteiger charge is 2.35. The van der Waals surface area contributed by atoms with Gasteiger partial charge in [-0.2, -0.15) is 0 Å². The van der Waals surface area contributed by atoms with Gasteiger partial charge < -0.3 is 0 Å². The molecule has 102 valence electrons. The van der Waals surface area contributed by atoms with E-state index in [0.717, 1.165) is 0 Å². The zero-order chi connectivity index (χ0) is 13.9. The first-order chi connectivity index (χ1) is 9.75. The average Bonchev–Trinajstić information content (AvgIpc) is 2.51. The second-order valence-corrected chi connectivity index (χ2v) is 6.67. The monoisotopic (exact) mass is 282 g/mol. The number of hydrogen-bond donors (Lipinski definition) is 0.